The van der Waals surface area contributed by atoms with E-state index in [4.69, 9.17) is 0 Å². The quantitative estimate of drug-likeness (QED) is 0.593. The monoisotopic (exact) mass is 154 g/mol. The fourth-order valence-corrected chi connectivity index (χ4v) is 1.46. The van der Waals surface area contributed by atoms with E-state index in [9.17, 15) is 0 Å². The van der Waals surface area contributed by atoms with Gasteiger partial charge in [-0.1, -0.05) is 12.2 Å². The van der Waals surface area contributed by atoms with Crippen LogP contribution in [-0.2, 0) is 0 Å². The zero-order chi connectivity index (χ0) is 8.27. The zero-order valence-corrected chi connectivity index (χ0v) is 7.56. The summed E-state index contributed by atoms with van der Waals surface area (Å²) < 4.78 is 0. The fraction of sp³-hybridized carbons (Fsp3) is 0.778. The molecule has 0 radical (unpaired) electrons. The Kier molecular flexibility index (Phi) is 3.09. The normalized spacial score (nSPS) is 26.9. The molecule has 0 aromatic rings. The molecular formula is C9H18N2. The highest BCUT2D eigenvalue weighted by molar-refractivity contribution is 4.94. The van der Waals surface area contributed by atoms with Gasteiger partial charge in [0, 0.05) is 32.2 Å². The highest BCUT2D eigenvalue weighted by atomic mass is 15.2. The van der Waals surface area contributed by atoms with Crippen LogP contribution in [0.25, 0.3) is 0 Å². The first-order chi connectivity index (χ1) is 5.20. The summed E-state index contributed by atoms with van der Waals surface area (Å²) >= 11 is 0. The third kappa shape index (κ3) is 2.64. The van der Waals surface area contributed by atoms with E-state index in [0.717, 1.165) is 26.2 Å². The lowest BCUT2D eigenvalue weighted by molar-refractivity contribution is 0.189. The number of nitrogens with one attached hydrogen (secondary N) is 1. The van der Waals surface area contributed by atoms with Crippen LogP contribution in [0.1, 0.15) is 13.8 Å². The Hall–Kier alpha value is -0.340. The van der Waals surface area contributed by atoms with Crippen LogP contribution in [0.15, 0.2) is 12.2 Å². The second-order valence-corrected chi connectivity index (χ2v) is 3.48. The first-order valence-corrected chi connectivity index (χ1v) is 4.29. The van der Waals surface area contributed by atoms with E-state index in [0.29, 0.717) is 6.04 Å². The highest BCUT2D eigenvalue weighted by Gasteiger charge is 2.16. The molecule has 1 saturated heterocycles. The molecule has 1 N–H and O–H groups in total. The third-order valence-electron chi connectivity index (χ3n) is 2.11. The van der Waals surface area contributed by atoms with Crippen molar-refractivity contribution in [2.24, 2.45) is 0 Å². The van der Waals surface area contributed by atoms with E-state index in [-0.39, 0.29) is 0 Å². The van der Waals surface area contributed by atoms with Crippen molar-refractivity contribution in [3.05, 3.63) is 12.2 Å². The Bertz CT molecular complexity index is 142. The molecule has 0 aliphatic carbocycles. The van der Waals surface area contributed by atoms with E-state index in [1.54, 1.807) is 0 Å². The maximum absolute atomic E-state index is 3.92. The van der Waals surface area contributed by atoms with Crippen molar-refractivity contribution in [1.29, 1.82) is 0 Å². The minimum Gasteiger partial charge on any atom is -0.314 e. The maximum atomic E-state index is 3.92. The van der Waals surface area contributed by atoms with Crippen molar-refractivity contribution < 1.29 is 0 Å². The van der Waals surface area contributed by atoms with Gasteiger partial charge in [0.2, 0.25) is 0 Å². The summed E-state index contributed by atoms with van der Waals surface area (Å²) in [7, 11) is 0. The smallest absolute Gasteiger partial charge is 0.0196 e. The Morgan fingerprint density at radius 1 is 1.73 bits per heavy atom. The predicted molar refractivity (Wildman–Crippen MR) is 48.7 cm³/mol. The number of hydrogen-bond donors (Lipinski definition) is 1. The molecule has 0 spiro atoms. The number of rotatable bonds is 2. The van der Waals surface area contributed by atoms with Gasteiger partial charge in [-0.15, -0.1) is 0 Å². The molecule has 1 heterocycles. The van der Waals surface area contributed by atoms with E-state index >= 15 is 0 Å². The van der Waals surface area contributed by atoms with Crippen LogP contribution in [0.4, 0.5) is 0 Å². The van der Waals surface area contributed by atoms with Gasteiger partial charge in [-0.2, -0.15) is 0 Å². The summed E-state index contributed by atoms with van der Waals surface area (Å²) in [6.07, 6.45) is 0. The Labute approximate surface area is 69.3 Å². The van der Waals surface area contributed by atoms with Crippen molar-refractivity contribution in [2.45, 2.75) is 19.9 Å². The van der Waals surface area contributed by atoms with Gasteiger partial charge in [0.25, 0.3) is 0 Å². The molecule has 1 aliphatic heterocycles. The summed E-state index contributed by atoms with van der Waals surface area (Å²) in [6.45, 7) is 12.7. The second kappa shape index (κ2) is 3.88. The zero-order valence-electron chi connectivity index (χ0n) is 7.56. The fourth-order valence-electron chi connectivity index (χ4n) is 1.46. The standard InChI is InChI=1S/C9H18N2/c1-8(2)7-11-5-4-10-6-9(11)3/h9-10H,1,4-7H2,2-3H3/t9-/m1/s1. The molecule has 1 aliphatic rings. The maximum Gasteiger partial charge on any atom is 0.0196 e. The molecule has 1 fully saturated rings. The summed E-state index contributed by atoms with van der Waals surface area (Å²) in [4.78, 5) is 2.47. The highest BCUT2D eigenvalue weighted by Crippen LogP contribution is 2.04. The SMILES string of the molecule is C=C(C)CN1CCNC[C@H]1C. The second-order valence-electron chi connectivity index (χ2n) is 3.48. The van der Waals surface area contributed by atoms with Gasteiger partial charge in [-0.25, -0.2) is 0 Å². The van der Waals surface area contributed by atoms with E-state index in [2.05, 4.69) is 30.6 Å². The average molecular weight is 154 g/mol. The lowest BCUT2D eigenvalue weighted by atomic mass is 10.2. The summed E-state index contributed by atoms with van der Waals surface area (Å²) in [5.74, 6) is 0. The molecule has 0 saturated carbocycles. The number of nitrogens with zero attached hydrogens (tertiary/aromatic N) is 1. The van der Waals surface area contributed by atoms with Crippen molar-refractivity contribution >= 4 is 0 Å². The molecule has 2 nitrogen and oxygen atoms in total. The van der Waals surface area contributed by atoms with Crippen LogP contribution in [-0.4, -0.2) is 37.1 Å². The van der Waals surface area contributed by atoms with Gasteiger partial charge in [0.1, 0.15) is 0 Å². The molecular weight excluding hydrogens is 136 g/mol. The number of piperazine rings is 1. The number of hydrogen-bond acceptors (Lipinski definition) is 2. The van der Waals surface area contributed by atoms with Crippen LogP contribution in [0.2, 0.25) is 0 Å². The minimum atomic E-state index is 0.667. The van der Waals surface area contributed by atoms with Crippen LogP contribution < -0.4 is 5.32 Å². The first kappa shape index (κ1) is 8.75. The van der Waals surface area contributed by atoms with Crippen LogP contribution in [0.3, 0.4) is 0 Å². The van der Waals surface area contributed by atoms with Crippen molar-refractivity contribution in [1.82, 2.24) is 10.2 Å². The van der Waals surface area contributed by atoms with Gasteiger partial charge in [-0.3, -0.25) is 4.90 Å². The molecule has 64 valence electrons. The topological polar surface area (TPSA) is 15.3 Å². The van der Waals surface area contributed by atoms with Gasteiger partial charge < -0.3 is 5.32 Å². The van der Waals surface area contributed by atoms with Crippen molar-refractivity contribution in [3.8, 4) is 0 Å². The van der Waals surface area contributed by atoms with Gasteiger partial charge in [0.15, 0.2) is 0 Å². The van der Waals surface area contributed by atoms with Gasteiger partial charge in [0.05, 0.1) is 0 Å². The largest absolute Gasteiger partial charge is 0.314 e. The molecule has 11 heavy (non-hydrogen) atoms. The van der Waals surface area contributed by atoms with Crippen LogP contribution in [0, 0.1) is 0 Å². The first-order valence-electron chi connectivity index (χ1n) is 4.29. The molecule has 0 aromatic heterocycles. The summed E-state index contributed by atoms with van der Waals surface area (Å²) in [5, 5.41) is 3.37. The van der Waals surface area contributed by atoms with Crippen LogP contribution >= 0.6 is 0 Å². The Balaban J connectivity index is 2.35. The Morgan fingerprint density at radius 2 is 2.45 bits per heavy atom. The molecule has 2 heteroatoms. The van der Waals surface area contributed by atoms with Crippen molar-refractivity contribution in [3.63, 3.8) is 0 Å². The third-order valence-corrected chi connectivity index (χ3v) is 2.11. The Morgan fingerprint density at radius 3 is 3.00 bits per heavy atom. The van der Waals surface area contributed by atoms with Crippen LogP contribution in [0.5, 0.6) is 0 Å². The van der Waals surface area contributed by atoms with Gasteiger partial charge >= 0.3 is 0 Å². The predicted octanol–water partition coefficient (Wildman–Crippen LogP) is 0.856. The lowest BCUT2D eigenvalue weighted by Gasteiger charge is -2.33. The van der Waals surface area contributed by atoms with E-state index in [1.165, 1.54) is 5.57 Å². The summed E-state index contributed by atoms with van der Waals surface area (Å²) in [6, 6.07) is 0.667. The molecule has 0 amide bonds. The molecule has 0 bridgehead atoms. The average Bonchev–Trinajstić information content (AvgIpc) is 1.93. The minimum absolute atomic E-state index is 0.667. The molecule has 0 aromatic carbocycles. The lowest BCUT2D eigenvalue weighted by Crippen LogP contribution is -2.50. The van der Waals surface area contributed by atoms with Crippen molar-refractivity contribution in [2.75, 3.05) is 26.2 Å². The van der Waals surface area contributed by atoms with Gasteiger partial charge in [-0.05, 0) is 13.8 Å². The van der Waals surface area contributed by atoms with E-state index < -0.39 is 0 Å². The molecule has 0 unspecified atom stereocenters. The van der Waals surface area contributed by atoms with E-state index in [1.807, 2.05) is 0 Å². The summed E-state index contributed by atoms with van der Waals surface area (Å²) in [5.41, 5.74) is 1.26. The molecule has 1 rings (SSSR count). The molecule has 1 atom stereocenters.